The second kappa shape index (κ2) is 6.49. The van der Waals surface area contributed by atoms with Crippen molar-refractivity contribution in [1.29, 1.82) is 0 Å². The van der Waals surface area contributed by atoms with Crippen molar-refractivity contribution in [2.24, 2.45) is 0 Å². The van der Waals surface area contributed by atoms with Crippen molar-refractivity contribution in [2.45, 2.75) is 26.4 Å². The van der Waals surface area contributed by atoms with Crippen LogP contribution < -0.4 is 5.56 Å². The molecule has 1 heterocycles. The fourth-order valence-electron chi connectivity index (χ4n) is 1.90. The highest BCUT2D eigenvalue weighted by Gasteiger charge is 2.10. The quantitative estimate of drug-likeness (QED) is 0.823. The van der Waals surface area contributed by atoms with E-state index in [9.17, 15) is 4.79 Å². The molecule has 20 heavy (non-hydrogen) atoms. The minimum Gasteiger partial charge on any atom is -0.378 e. The van der Waals surface area contributed by atoms with Gasteiger partial charge in [-0.05, 0) is 34.1 Å². The van der Waals surface area contributed by atoms with Gasteiger partial charge in [-0.25, -0.2) is 4.98 Å². The van der Waals surface area contributed by atoms with E-state index in [1.165, 1.54) is 5.56 Å². The topological polar surface area (TPSA) is 55.0 Å². The Balaban J connectivity index is 2.44. The van der Waals surface area contributed by atoms with Crippen molar-refractivity contribution in [1.82, 2.24) is 9.97 Å². The van der Waals surface area contributed by atoms with Crippen molar-refractivity contribution < 1.29 is 4.74 Å². The molecule has 4 nitrogen and oxygen atoms in total. The number of nitrogens with zero attached hydrogens (tertiary/aromatic N) is 1. The maximum atomic E-state index is 11.9. The summed E-state index contributed by atoms with van der Waals surface area (Å²) >= 11 is 1.99. The van der Waals surface area contributed by atoms with Crippen molar-refractivity contribution >= 4 is 22.6 Å². The minimum atomic E-state index is -0.129. The van der Waals surface area contributed by atoms with E-state index in [1.54, 1.807) is 7.11 Å². The summed E-state index contributed by atoms with van der Waals surface area (Å²) in [5.74, 6) is 1.06. The predicted molar refractivity (Wildman–Crippen MR) is 87.8 cm³/mol. The summed E-state index contributed by atoms with van der Waals surface area (Å²) in [6.07, 6.45) is 0. The number of nitrogens with one attached hydrogen (secondary N) is 1. The molecular weight excluding hydrogens is 367 g/mol. The Hall–Kier alpha value is -1.21. The van der Waals surface area contributed by atoms with E-state index in [-0.39, 0.29) is 5.56 Å². The highest BCUT2D eigenvalue weighted by molar-refractivity contribution is 14.1. The van der Waals surface area contributed by atoms with Crippen LogP contribution >= 0.6 is 22.6 Å². The number of hydrogen-bond acceptors (Lipinski definition) is 3. The first-order valence-electron chi connectivity index (χ1n) is 6.41. The van der Waals surface area contributed by atoms with Crippen LogP contribution in [0.15, 0.2) is 29.1 Å². The fourth-order valence-corrected chi connectivity index (χ4v) is 2.31. The Bertz CT molecular complexity index is 648. The van der Waals surface area contributed by atoms with E-state index >= 15 is 0 Å². The lowest BCUT2D eigenvalue weighted by Gasteiger charge is -2.08. The summed E-state index contributed by atoms with van der Waals surface area (Å²) in [4.78, 5) is 19.2. The van der Waals surface area contributed by atoms with Crippen LogP contribution in [-0.2, 0) is 11.3 Å². The summed E-state index contributed by atoms with van der Waals surface area (Å²) in [7, 11) is 1.59. The van der Waals surface area contributed by atoms with Crippen LogP contribution in [-0.4, -0.2) is 17.1 Å². The SMILES string of the molecule is COCc1nc(-c2ccc(C(C)C)cc2)[nH]c(=O)c1I. The molecule has 0 aliphatic carbocycles. The zero-order valence-corrected chi connectivity index (χ0v) is 13.9. The molecule has 0 atom stereocenters. The number of halogens is 1. The molecular formula is C15H17IN2O2. The number of aromatic amines is 1. The highest BCUT2D eigenvalue weighted by atomic mass is 127. The lowest BCUT2D eigenvalue weighted by molar-refractivity contribution is 0.180. The Morgan fingerprint density at radius 1 is 1.30 bits per heavy atom. The number of methoxy groups -OCH3 is 1. The Morgan fingerprint density at radius 2 is 1.95 bits per heavy atom. The number of H-pyrrole nitrogens is 1. The van der Waals surface area contributed by atoms with Crippen LogP contribution in [0.25, 0.3) is 11.4 Å². The molecule has 1 aromatic heterocycles. The van der Waals surface area contributed by atoms with Crippen molar-refractivity contribution in [2.75, 3.05) is 7.11 Å². The molecule has 1 N–H and O–H groups in total. The molecule has 5 heteroatoms. The summed E-state index contributed by atoms with van der Waals surface area (Å²) in [5, 5.41) is 0. The second-order valence-electron chi connectivity index (χ2n) is 4.88. The van der Waals surface area contributed by atoms with Gasteiger partial charge in [-0.2, -0.15) is 0 Å². The number of aromatic nitrogens is 2. The average Bonchev–Trinajstić information content (AvgIpc) is 2.44. The van der Waals surface area contributed by atoms with Crippen LogP contribution in [0.1, 0.15) is 31.0 Å². The van der Waals surface area contributed by atoms with E-state index in [4.69, 9.17) is 4.74 Å². The molecule has 2 aromatic rings. The van der Waals surface area contributed by atoms with Gasteiger partial charge in [0.15, 0.2) is 0 Å². The molecule has 0 bridgehead atoms. The monoisotopic (exact) mass is 384 g/mol. The van der Waals surface area contributed by atoms with Crippen molar-refractivity contribution in [3.63, 3.8) is 0 Å². The Kier molecular flexibility index (Phi) is 4.93. The Morgan fingerprint density at radius 3 is 2.50 bits per heavy atom. The van der Waals surface area contributed by atoms with E-state index in [0.717, 1.165) is 5.56 Å². The zero-order chi connectivity index (χ0) is 14.7. The maximum Gasteiger partial charge on any atom is 0.264 e. The zero-order valence-electron chi connectivity index (χ0n) is 11.7. The first-order valence-corrected chi connectivity index (χ1v) is 7.48. The molecule has 0 fully saturated rings. The summed E-state index contributed by atoms with van der Waals surface area (Å²) < 4.78 is 5.66. The number of hydrogen-bond donors (Lipinski definition) is 1. The summed E-state index contributed by atoms with van der Waals surface area (Å²) in [6, 6.07) is 8.09. The molecule has 0 unspecified atom stereocenters. The standard InChI is InChI=1S/C15H17IN2O2/c1-9(2)10-4-6-11(7-5-10)14-17-12(8-20-3)13(16)15(19)18-14/h4-7,9H,8H2,1-3H3,(H,17,18,19). The van der Waals surface area contributed by atoms with E-state index in [1.807, 2.05) is 34.7 Å². The Labute approximate surface area is 131 Å². The van der Waals surface area contributed by atoms with Gasteiger partial charge in [0.2, 0.25) is 0 Å². The smallest absolute Gasteiger partial charge is 0.264 e. The van der Waals surface area contributed by atoms with Gasteiger partial charge in [0, 0.05) is 12.7 Å². The van der Waals surface area contributed by atoms with Crippen LogP contribution in [0.3, 0.4) is 0 Å². The largest absolute Gasteiger partial charge is 0.378 e. The molecule has 0 spiro atoms. The number of benzene rings is 1. The van der Waals surface area contributed by atoms with Crippen LogP contribution in [0.5, 0.6) is 0 Å². The molecule has 0 aliphatic heterocycles. The molecule has 0 aliphatic rings. The van der Waals surface area contributed by atoms with Crippen LogP contribution in [0.2, 0.25) is 0 Å². The van der Waals surface area contributed by atoms with Gasteiger partial charge in [0.05, 0.1) is 12.3 Å². The van der Waals surface area contributed by atoms with Gasteiger partial charge >= 0.3 is 0 Å². The molecule has 106 valence electrons. The molecule has 0 amide bonds. The minimum absolute atomic E-state index is 0.129. The van der Waals surface area contributed by atoms with Gasteiger partial charge in [-0.1, -0.05) is 38.1 Å². The van der Waals surface area contributed by atoms with Gasteiger partial charge in [0.25, 0.3) is 5.56 Å². The lowest BCUT2D eigenvalue weighted by Crippen LogP contribution is -2.16. The third-order valence-corrected chi connectivity index (χ3v) is 4.18. The van der Waals surface area contributed by atoms with E-state index < -0.39 is 0 Å². The van der Waals surface area contributed by atoms with Gasteiger partial charge < -0.3 is 9.72 Å². The van der Waals surface area contributed by atoms with E-state index in [0.29, 0.717) is 27.6 Å². The van der Waals surface area contributed by atoms with Gasteiger partial charge in [-0.15, -0.1) is 0 Å². The van der Waals surface area contributed by atoms with Crippen LogP contribution in [0, 0.1) is 3.57 Å². The first kappa shape index (κ1) is 15.2. The van der Waals surface area contributed by atoms with Gasteiger partial charge in [-0.3, -0.25) is 4.79 Å². The number of rotatable bonds is 4. The number of ether oxygens (including phenoxy) is 1. The fraction of sp³-hybridized carbons (Fsp3) is 0.333. The predicted octanol–water partition coefficient (Wildman–Crippen LogP) is 3.31. The molecule has 2 rings (SSSR count). The third kappa shape index (κ3) is 3.27. The van der Waals surface area contributed by atoms with E-state index in [2.05, 4.69) is 35.9 Å². The summed E-state index contributed by atoms with van der Waals surface area (Å²) in [5.41, 5.74) is 2.70. The summed E-state index contributed by atoms with van der Waals surface area (Å²) in [6.45, 7) is 4.63. The third-order valence-electron chi connectivity index (χ3n) is 3.06. The lowest BCUT2D eigenvalue weighted by atomic mass is 10.0. The van der Waals surface area contributed by atoms with Crippen molar-refractivity contribution in [3.05, 3.63) is 49.4 Å². The normalized spacial score (nSPS) is 11.1. The molecule has 0 radical (unpaired) electrons. The first-order chi connectivity index (χ1) is 9.52. The average molecular weight is 384 g/mol. The second-order valence-corrected chi connectivity index (χ2v) is 5.96. The molecule has 0 saturated heterocycles. The maximum absolute atomic E-state index is 11.9. The highest BCUT2D eigenvalue weighted by Crippen LogP contribution is 2.20. The van der Waals surface area contributed by atoms with Gasteiger partial charge in [0.1, 0.15) is 9.39 Å². The van der Waals surface area contributed by atoms with Crippen molar-refractivity contribution in [3.8, 4) is 11.4 Å². The molecule has 0 saturated carbocycles. The molecule has 1 aromatic carbocycles. The van der Waals surface area contributed by atoms with Crippen LogP contribution in [0.4, 0.5) is 0 Å².